The van der Waals surface area contributed by atoms with Gasteiger partial charge in [0.05, 0.1) is 30.5 Å². The van der Waals surface area contributed by atoms with Crippen LogP contribution in [0.5, 0.6) is 0 Å². The van der Waals surface area contributed by atoms with Gasteiger partial charge >= 0.3 is 0 Å². The molecule has 0 spiro atoms. The van der Waals surface area contributed by atoms with Crippen molar-refractivity contribution in [1.29, 1.82) is 0 Å². The summed E-state index contributed by atoms with van der Waals surface area (Å²) >= 11 is 0. The first-order valence-electron chi connectivity index (χ1n) is 11.6. The number of rotatable bonds is 8. The molecule has 2 N–H and O–H groups in total. The van der Waals surface area contributed by atoms with E-state index in [0.29, 0.717) is 29.2 Å². The largest absolute Gasteiger partial charge is 0.344 e. The summed E-state index contributed by atoms with van der Waals surface area (Å²) in [5.41, 5.74) is 2.67. The van der Waals surface area contributed by atoms with Crippen molar-refractivity contribution in [1.82, 2.24) is 29.5 Å². The second kappa shape index (κ2) is 10.7. The van der Waals surface area contributed by atoms with Crippen LogP contribution >= 0.6 is 0 Å². The number of imidazole rings is 1. The third-order valence-corrected chi connectivity index (χ3v) is 5.37. The average molecular weight is 494 g/mol. The van der Waals surface area contributed by atoms with Gasteiger partial charge in [-0.25, -0.2) is 24.3 Å². The van der Waals surface area contributed by atoms with Crippen LogP contribution in [0.3, 0.4) is 0 Å². The first-order chi connectivity index (χ1) is 18.0. The second-order valence-electron chi connectivity index (χ2n) is 8.30. The summed E-state index contributed by atoms with van der Waals surface area (Å²) in [6, 6.07) is 21.2. The minimum Gasteiger partial charge on any atom is -0.344 e. The fraction of sp³-hybridized carbons (Fsp3) is 0.111. The van der Waals surface area contributed by atoms with E-state index in [1.807, 2.05) is 85.4 Å². The summed E-state index contributed by atoms with van der Waals surface area (Å²) in [4.78, 5) is 26.6. The molecule has 5 rings (SSSR count). The predicted molar refractivity (Wildman–Crippen MR) is 141 cm³/mol. The molecule has 0 radical (unpaired) electrons. The number of aryl methyl sites for hydroxylation is 1. The normalized spacial score (nSPS) is 11.5. The Labute approximate surface area is 213 Å². The Morgan fingerprint density at radius 1 is 0.892 bits per heavy atom. The first-order valence-corrected chi connectivity index (χ1v) is 11.6. The van der Waals surface area contributed by atoms with Gasteiger partial charge in [0.2, 0.25) is 5.95 Å². The topological polar surface area (TPSA) is 106 Å². The van der Waals surface area contributed by atoms with E-state index < -0.39 is 5.82 Å². The van der Waals surface area contributed by atoms with E-state index in [0.717, 1.165) is 29.2 Å². The van der Waals surface area contributed by atoms with Crippen molar-refractivity contribution in [3.63, 3.8) is 0 Å². The van der Waals surface area contributed by atoms with Crippen molar-refractivity contribution < 1.29 is 4.39 Å². The molecule has 10 heteroatoms. The summed E-state index contributed by atoms with van der Waals surface area (Å²) in [6.07, 6.45) is 5.79. The fourth-order valence-electron chi connectivity index (χ4n) is 3.64. The molecule has 0 bridgehead atoms. The van der Waals surface area contributed by atoms with Gasteiger partial charge in [-0.2, -0.15) is 9.97 Å². The highest BCUT2D eigenvalue weighted by Gasteiger charge is 2.14. The zero-order chi connectivity index (χ0) is 25.6. The molecule has 0 saturated heterocycles. The molecule has 0 aliphatic rings. The van der Waals surface area contributed by atoms with E-state index in [1.165, 1.54) is 0 Å². The van der Waals surface area contributed by atoms with Gasteiger partial charge in [0, 0.05) is 30.4 Å². The minimum atomic E-state index is -0.500. The van der Waals surface area contributed by atoms with Crippen molar-refractivity contribution >= 4 is 29.1 Å². The standard InChI is InChI=1S/C27H24FN9/c1-18(26-29-14-21(28)15-30-26)32-27-35-22(33-24-16-37(2)17-31-24)13-23(36-27)34-25(19-9-5-3-6-10-19)20-11-7-4-8-12-20/h3-18H,1-2H3,(H2,32,33,35,36)/t18-/m0/s1. The lowest BCUT2D eigenvalue weighted by molar-refractivity contribution is 0.604. The number of halogens is 1. The van der Waals surface area contributed by atoms with Gasteiger partial charge in [-0.15, -0.1) is 0 Å². The SMILES string of the molecule is C[C@H](Nc1nc(N=C(c2ccccc2)c2ccccc2)cc(Nc2cn(C)cn2)n1)c1ncc(F)cn1. The molecular formula is C27H24FN9. The van der Waals surface area contributed by atoms with Crippen molar-refractivity contribution in [2.75, 3.05) is 10.6 Å². The lowest BCUT2D eigenvalue weighted by Gasteiger charge is -2.14. The smallest absolute Gasteiger partial charge is 0.227 e. The number of nitrogens with one attached hydrogen (secondary N) is 2. The zero-order valence-electron chi connectivity index (χ0n) is 20.2. The third-order valence-electron chi connectivity index (χ3n) is 5.37. The molecule has 9 nitrogen and oxygen atoms in total. The van der Waals surface area contributed by atoms with E-state index in [4.69, 9.17) is 4.99 Å². The van der Waals surface area contributed by atoms with Crippen LogP contribution in [0.25, 0.3) is 0 Å². The van der Waals surface area contributed by atoms with E-state index in [2.05, 4.69) is 35.6 Å². The average Bonchev–Trinajstić information content (AvgIpc) is 3.32. The van der Waals surface area contributed by atoms with Crippen LogP contribution < -0.4 is 10.6 Å². The van der Waals surface area contributed by atoms with Crippen LogP contribution in [0.15, 0.2) is 96.6 Å². The molecule has 5 aromatic rings. The zero-order valence-corrected chi connectivity index (χ0v) is 20.2. The number of anilines is 3. The van der Waals surface area contributed by atoms with Crippen LogP contribution in [0, 0.1) is 5.82 Å². The molecule has 184 valence electrons. The van der Waals surface area contributed by atoms with Gasteiger partial charge < -0.3 is 15.2 Å². The van der Waals surface area contributed by atoms with Crippen LogP contribution in [-0.2, 0) is 7.05 Å². The molecule has 0 saturated carbocycles. The maximum Gasteiger partial charge on any atom is 0.227 e. The molecule has 3 heterocycles. The Morgan fingerprint density at radius 3 is 2.14 bits per heavy atom. The number of aromatic nitrogens is 6. The van der Waals surface area contributed by atoms with E-state index in [1.54, 1.807) is 12.4 Å². The molecule has 0 aliphatic carbocycles. The molecular weight excluding hydrogens is 469 g/mol. The maximum absolute atomic E-state index is 13.3. The van der Waals surface area contributed by atoms with Crippen LogP contribution in [0.4, 0.5) is 27.8 Å². The van der Waals surface area contributed by atoms with Crippen LogP contribution in [0.2, 0.25) is 0 Å². The number of benzene rings is 2. The van der Waals surface area contributed by atoms with Crippen molar-refractivity contribution in [2.24, 2.45) is 12.0 Å². The van der Waals surface area contributed by atoms with Gasteiger partial charge in [0.1, 0.15) is 17.5 Å². The summed E-state index contributed by atoms with van der Waals surface area (Å²) in [5.74, 6) is 1.78. The molecule has 37 heavy (non-hydrogen) atoms. The number of hydrogen-bond donors (Lipinski definition) is 2. The Morgan fingerprint density at radius 2 is 1.54 bits per heavy atom. The summed E-state index contributed by atoms with van der Waals surface area (Å²) in [6.45, 7) is 1.84. The number of hydrogen-bond acceptors (Lipinski definition) is 8. The van der Waals surface area contributed by atoms with Gasteiger partial charge in [-0.05, 0) is 6.92 Å². The molecule has 0 aliphatic heterocycles. The number of nitrogens with zero attached hydrogens (tertiary/aromatic N) is 7. The van der Waals surface area contributed by atoms with Gasteiger partial charge in [-0.3, -0.25) is 0 Å². The highest BCUT2D eigenvalue weighted by molar-refractivity contribution is 6.13. The molecule has 3 aromatic heterocycles. The lowest BCUT2D eigenvalue weighted by atomic mass is 10.0. The predicted octanol–water partition coefficient (Wildman–Crippen LogP) is 5.23. The summed E-state index contributed by atoms with van der Waals surface area (Å²) in [5, 5.41) is 6.40. The van der Waals surface area contributed by atoms with Crippen molar-refractivity contribution in [2.45, 2.75) is 13.0 Å². The summed E-state index contributed by atoms with van der Waals surface area (Å²) in [7, 11) is 1.89. The van der Waals surface area contributed by atoms with Crippen LogP contribution in [0.1, 0.15) is 29.9 Å². The Balaban J connectivity index is 1.56. The van der Waals surface area contributed by atoms with Gasteiger partial charge in [0.25, 0.3) is 0 Å². The minimum absolute atomic E-state index is 0.306. The molecule has 2 aromatic carbocycles. The van der Waals surface area contributed by atoms with E-state index in [9.17, 15) is 4.39 Å². The Bertz CT molecular complexity index is 1460. The quantitative estimate of drug-likeness (QED) is 0.285. The Hall–Kier alpha value is -4.99. The molecule has 1 atom stereocenters. The maximum atomic E-state index is 13.3. The monoisotopic (exact) mass is 493 g/mol. The number of aliphatic imine (C=N–C) groups is 1. The van der Waals surface area contributed by atoms with E-state index in [-0.39, 0.29) is 6.04 Å². The molecule has 0 fully saturated rings. The fourth-order valence-corrected chi connectivity index (χ4v) is 3.64. The van der Waals surface area contributed by atoms with Crippen molar-refractivity contribution in [3.8, 4) is 0 Å². The Kier molecular flexibility index (Phi) is 6.89. The van der Waals surface area contributed by atoms with Crippen LogP contribution in [-0.4, -0.2) is 35.2 Å². The third kappa shape index (κ3) is 5.99. The highest BCUT2D eigenvalue weighted by Crippen LogP contribution is 2.24. The van der Waals surface area contributed by atoms with Gasteiger partial charge in [0.15, 0.2) is 11.6 Å². The van der Waals surface area contributed by atoms with E-state index >= 15 is 0 Å². The highest BCUT2D eigenvalue weighted by atomic mass is 19.1. The lowest BCUT2D eigenvalue weighted by Crippen LogP contribution is -2.13. The first kappa shape index (κ1) is 23.7. The summed E-state index contributed by atoms with van der Waals surface area (Å²) < 4.78 is 15.1. The molecule has 0 amide bonds. The van der Waals surface area contributed by atoms with Crippen molar-refractivity contribution in [3.05, 3.63) is 114 Å². The second-order valence-corrected chi connectivity index (χ2v) is 8.30. The van der Waals surface area contributed by atoms with Gasteiger partial charge in [-0.1, -0.05) is 60.7 Å². The molecule has 0 unspecified atom stereocenters.